The average Bonchev–Trinajstić information content (AvgIpc) is 2.61. The molecule has 0 saturated carbocycles. The Balaban J connectivity index is 2.22. The molecular weight excluding hydrogens is 304 g/mol. The first kappa shape index (κ1) is 17.4. The fraction of sp³-hybridized carbons (Fsp3) is 0.211. The maximum Gasteiger partial charge on any atom is 0.354 e. The average molecular weight is 324 g/mol. The van der Waals surface area contributed by atoms with E-state index in [1.807, 2.05) is 37.3 Å². The lowest BCUT2D eigenvalue weighted by Gasteiger charge is -2.15. The minimum absolute atomic E-state index is 0.0643. The normalized spacial score (nSPS) is 11.0. The van der Waals surface area contributed by atoms with Crippen LogP contribution in [0.4, 0.5) is 5.69 Å². The lowest BCUT2D eigenvalue weighted by molar-refractivity contribution is -0.132. The molecule has 5 nitrogen and oxygen atoms in total. The molecule has 0 N–H and O–H groups in total. The number of anilines is 1. The molecule has 0 atom stereocenters. The Morgan fingerprint density at radius 1 is 1.04 bits per heavy atom. The van der Waals surface area contributed by atoms with Gasteiger partial charge in [0.1, 0.15) is 0 Å². The van der Waals surface area contributed by atoms with Gasteiger partial charge in [-0.2, -0.15) is 5.10 Å². The highest BCUT2D eigenvalue weighted by atomic mass is 16.5. The maximum atomic E-state index is 12.3. The second-order valence-electron chi connectivity index (χ2n) is 5.36. The van der Waals surface area contributed by atoms with Crippen LogP contribution in [0.3, 0.4) is 0 Å². The highest BCUT2D eigenvalue weighted by molar-refractivity contribution is 6.40. The highest BCUT2D eigenvalue weighted by Crippen LogP contribution is 2.14. The third kappa shape index (κ3) is 4.52. The van der Waals surface area contributed by atoms with Crippen LogP contribution in [0.2, 0.25) is 0 Å². The number of hydrogen-bond acceptors (Lipinski definition) is 5. The zero-order valence-electron chi connectivity index (χ0n) is 14.0. The minimum atomic E-state index is -0.613. The lowest BCUT2D eigenvalue weighted by Crippen LogP contribution is -2.24. The summed E-state index contributed by atoms with van der Waals surface area (Å²) >= 11 is 0. The predicted molar refractivity (Wildman–Crippen MR) is 94.4 cm³/mol. The number of esters is 1. The molecule has 0 aliphatic rings. The summed E-state index contributed by atoms with van der Waals surface area (Å²) in [5, 5.41) is 5.83. The Morgan fingerprint density at radius 3 is 2.25 bits per heavy atom. The Bertz CT molecular complexity index is 737. The largest absolute Gasteiger partial charge is 0.464 e. The van der Waals surface area contributed by atoms with E-state index in [1.165, 1.54) is 7.11 Å². The zero-order chi connectivity index (χ0) is 17.5. The van der Waals surface area contributed by atoms with Crippen LogP contribution in [0.5, 0.6) is 0 Å². The summed E-state index contributed by atoms with van der Waals surface area (Å²) in [6.07, 6.45) is -0.118. The van der Waals surface area contributed by atoms with Gasteiger partial charge in [0.2, 0.25) is 0 Å². The van der Waals surface area contributed by atoms with E-state index in [4.69, 9.17) is 4.74 Å². The van der Waals surface area contributed by atoms with Gasteiger partial charge >= 0.3 is 5.97 Å². The van der Waals surface area contributed by atoms with Crippen molar-refractivity contribution in [3.05, 3.63) is 65.7 Å². The van der Waals surface area contributed by atoms with Gasteiger partial charge in [-0.15, -0.1) is 0 Å². The fourth-order valence-corrected chi connectivity index (χ4v) is 2.14. The van der Waals surface area contributed by atoms with Crippen molar-refractivity contribution in [2.45, 2.75) is 13.3 Å². The van der Waals surface area contributed by atoms with Crippen LogP contribution >= 0.6 is 0 Å². The van der Waals surface area contributed by atoms with Gasteiger partial charge in [0.25, 0.3) is 0 Å². The van der Waals surface area contributed by atoms with E-state index < -0.39 is 5.97 Å². The molecule has 0 heterocycles. The molecule has 2 rings (SSSR count). The number of carbonyl (C=O) groups excluding carboxylic acids is 2. The maximum absolute atomic E-state index is 12.3. The van der Waals surface area contributed by atoms with E-state index >= 15 is 0 Å². The molecular formula is C19H20N2O3. The smallest absolute Gasteiger partial charge is 0.354 e. The van der Waals surface area contributed by atoms with Crippen molar-refractivity contribution < 1.29 is 14.3 Å². The predicted octanol–water partition coefficient (Wildman–Crippen LogP) is 3.23. The summed E-state index contributed by atoms with van der Waals surface area (Å²) in [5.74, 6) is -0.796. The Labute approximate surface area is 141 Å². The Morgan fingerprint density at radius 2 is 1.67 bits per heavy atom. The van der Waals surface area contributed by atoms with Crippen molar-refractivity contribution in [3.63, 3.8) is 0 Å². The second kappa shape index (κ2) is 8.06. The van der Waals surface area contributed by atoms with Crippen LogP contribution in [-0.4, -0.2) is 31.6 Å². The summed E-state index contributed by atoms with van der Waals surface area (Å²) in [5.41, 5.74) is 2.54. The Hall–Kier alpha value is -2.95. The summed E-state index contributed by atoms with van der Waals surface area (Å²) in [7, 11) is 3.00. The molecule has 0 spiro atoms. The van der Waals surface area contributed by atoms with Crippen LogP contribution in [0.25, 0.3) is 0 Å². The number of hydrazone groups is 1. The third-order valence-electron chi connectivity index (χ3n) is 3.52. The van der Waals surface area contributed by atoms with Gasteiger partial charge in [0.15, 0.2) is 11.5 Å². The number of hydrogen-bond donors (Lipinski definition) is 0. The minimum Gasteiger partial charge on any atom is -0.464 e. The van der Waals surface area contributed by atoms with Gasteiger partial charge < -0.3 is 4.74 Å². The van der Waals surface area contributed by atoms with E-state index in [1.54, 1.807) is 36.3 Å². The van der Waals surface area contributed by atoms with E-state index in [2.05, 4.69) is 5.10 Å². The molecule has 2 aromatic carbocycles. The number of benzene rings is 2. The molecule has 0 aromatic heterocycles. The topological polar surface area (TPSA) is 59.0 Å². The first-order valence-electron chi connectivity index (χ1n) is 7.55. The van der Waals surface area contributed by atoms with Crippen LogP contribution in [-0.2, 0) is 9.53 Å². The van der Waals surface area contributed by atoms with Crippen molar-refractivity contribution in [1.82, 2.24) is 0 Å². The number of Topliss-reactive ketones (excluding diaryl/α,β-unsaturated/α-hetero) is 1. The van der Waals surface area contributed by atoms with Crippen LogP contribution in [0.1, 0.15) is 22.3 Å². The summed E-state index contributed by atoms with van der Waals surface area (Å²) in [6.45, 7) is 1.99. The standard InChI is InChI=1S/C19H20N2O3/c1-14-9-11-16(12-10-14)21(2)20-17(19(23)24-3)13-18(22)15-7-5-4-6-8-15/h4-12H,13H2,1-3H3/b20-17-. The first-order valence-corrected chi connectivity index (χ1v) is 7.55. The quantitative estimate of drug-likeness (QED) is 0.354. The highest BCUT2D eigenvalue weighted by Gasteiger charge is 2.19. The number of ketones is 1. The van der Waals surface area contributed by atoms with Gasteiger partial charge in [-0.25, -0.2) is 4.79 Å². The van der Waals surface area contributed by atoms with Gasteiger partial charge in [0.05, 0.1) is 19.2 Å². The van der Waals surface area contributed by atoms with Crippen molar-refractivity contribution in [2.24, 2.45) is 5.10 Å². The number of methoxy groups -OCH3 is 1. The SMILES string of the molecule is COC(=O)/C(CC(=O)c1ccccc1)=N\N(C)c1ccc(C)cc1. The molecule has 2 aromatic rings. The molecule has 24 heavy (non-hydrogen) atoms. The van der Waals surface area contributed by atoms with E-state index in [0.29, 0.717) is 5.56 Å². The van der Waals surface area contributed by atoms with Crippen molar-refractivity contribution in [3.8, 4) is 0 Å². The monoisotopic (exact) mass is 324 g/mol. The molecule has 5 heteroatoms. The zero-order valence-corrected chi connectivity index (χ0v) is 14.0. The van der Waals surface area contributed by atoms with Gasteiger partial charge in [-0.1, -0.05) is 48.0 Å². The van der Waals surface area contributed by atoms with E-state index in [0.717, 1.165) is 11.3 Å². The number of carbonyl (C=O) groups is 2. The number of aryl methyl sites for hydroxylation is 1. The molecule has 124 valence electrons. The van der Waals surface area contributed by atoms with Crippen molar-refractivity contribution in [2.75, 3.05) is 19.2 Å². The summed E-state index contributed by atoms with van der Waals surface area (Å²) < 4.78 is 4.76. The number of nitrogens with zero attached hydrogens (tertiary/aromatic N) is 2. The molecule has 0 aliphatic heterocycles. The molecule has 0 aliphatic carbocycles. The van der Waals surface area contributed by atoms with Crippen molar-refractivity contribution >= 4 is 23.2 Å². The van der Waals surface area contributed by atoms with E-state index in [9.17, 15) is 9.59 Å². The van der Waals surface area contributed by atoms with Gasteiger partial charge in [-0.3, -0.25) is 9.80 Å². The third-order valence-corrected chi connectivity index (χ3v) is 3.52. The first-order chi connectivity index (χ1) is 11.5. The van der Waals surface area contributed by atoms with Crippen LogP contribution < -0.4 is 5.01 Å². The number of rotatable bonds is 6. The molecule has 0 amide bonds. The summed E-state index contributed by atoms with van der Waals surface area (Å²) in [4.78, 5) is 24.3. The summed E-state index contributed by atoms with van der Waals surface area (Å²) in [6, 6.07) is 16.5. The molecule has 0 radical (unpaired) electrons. The van der Waals surface area contributed by atoms with Gasteiger partial charge in [0, 0.05) is 12.6 Å². The van der Waals surface area contributed by atoms with Crippen molar-refractivity contribution in [1.29, 1.82) is 0 Å². The second-order valence-corrected chi connectivity index (χ2v) is 5.36. The molecule has 0 fully saturated rings. The molecule has 0 bridgehead atoms. The molecule has 0 unspecified atom stereocenters. The fourth-order valence-electron chi connectivity index (χ4n) is 2.14. The lowest BCUT2D eigenvalue weighted by atomic mass is 10.1. The van der Waals surface area contributed by atoms with E-state index in [-0.39, 0.29) is 17.9 Å². The van der Waals surface area contributed by atoms with Gasteiger partial charge in [-0.05, 0) is 19.1 Å². The molecule has 0 saturated heterocycles. The van der Waals surface area contributed by atoms with Crippen LogP contribution in [0.15, 0.2) is 59.7 Å². The number of ether oxygens (including phenoxy) is 1. The Kier molecular flexibility index (Phi) is 5.84. The van der Waals surface area contributed by atoms with Crippen LogP contribution in [0, 0.1) is 6.92 Å².